The molecule has 2 aromatic heterocycles. The minimum Gasteiger partial charge on any atom is -0.383 e. The molecule has 0 aromatic carbocycles. The molecule has 16 heavy (non-hydrogen) atoms. The van der Waals surface area contributed by atoms with Gasteiger partial charge in [-0.3, -0.25) is 4.98 Å². The Morgan fingerprint density at radius 2 is 2.12 bits per heavy atom. The Hall–Kier alpha value is -1.97. The van der Waals surface area contributed by atoms with Gasteiger partial charge in [-0.1, -0.05) is 6.92 Å². The molecule has 0 atom stereocenters. The first-order valence-electron chi connectivity index (χ1n) is 5.24. The van der Waals surface area contributed by atoms with Gasteiger partial charge in [-0.15, -0.1) is 0 Å². The predicted molar refractivity (Wildman–Crippen MR) is 63.8 cm³/mol. The van der Waals surface area contributed by atoms with Crippen LogP contribution in [0.15, 0.2) is 24.8 Å². The van der Waals surface area contributed by atoms with Crippen molar-refractivity contribution in [2.75, 3.05) is 5.73 Å². The van der Waals surface area contributed by atoms with Crippen molar-refractivity contribution < 1.29 is 0 Å². The molecule has 0 fully saturated rings. The zero-order valence-corrected chi connectivity index (χ0v) is 9.44. The first-order chi connectivity index (χ1) is 7.74. The van der Waals surface area contributed by atoms with Crippen LogP contribution in [0.2, 0.25) is 0 Å². The van der Waals surface area contributed by atoms with Crippen LogP contribution in [0.3, 0.4) is 0 Å². The van der Waals surface area contributed by atoms with Crippen molar-refractivity contribution in [3.63, 3.8) is 0 Å². The molecular weight excluding hydrogens is 200 g/mol. The highest BCUT2D eigenvalue weighted by Crippen LogP contribution is 2.26. The zero-order chi connectivity index (χ0) is 11.5. The van der Waals surface area contributed by atoms with Crippen molar-refractivity contribution in [2.45, 2.75) is 20.3 Å². The highest BCUT2D eigenvalue weighted by molar-refractivity contribution is 5.69. The molecule has 4 nitrogen and oxygen atoms in total. The highest BCUT2D eigenvalue weighted by Gasteiger charge is 2.11. The van der Waals surface area contributed by atoms with E-state index in [4.69, 9.17) is 5.73 Å². The van der Waals surface area contributed by atoms with Gasteiger partial charge in [0.1, 0.15) is 12.1 Å². The molecule has 2 aromatic rings. The number of nitrogen functional groups attached to an aromatic ring is 1. The maximum Gasteiger partial charge on any atom is 0.130 e. The van der Waals surface area contributed by atoms with Crippen molar-refractivity contribution in [1.29, 1.82) is 0 Å². The third-order valence-electron chi connectivity index (χ3n) is 2.63. The predicted octanol–water partition coefficient (Wildman–Crippen LogP) is 1.99. The average molecular weight is 214 g/mol. The Labute approximate surface area is 94.6 Å². The van der Waals surface area contributed by atoms with E-state index in [0.717, 1.165) is 28.8 Å². The van der Waals surface area contributed by atoms with Gasteiger partial charge in [0.25, 0.3) is 0 Å². The lowest BCUT2D eigenvalue weighted by molar-refractivity contribution is 1.06. The highest BCUT2D eigenvalue weighted by atomic mass is 14.9. The Kier molecular flexibility index (Phi) is 2.81. The SMILES string of the molecule is CCc1c(N)ncnc1-c1cnccc1C. The van der Waals surface area contributed by atoms with Gasteiger partial charge in [0.15, 0.2) is 0 Å². The van der Waals surface area contributed by atoms with Gasteiger partial charge in [-0.05, 0) is 25.0 Å². The molecule has 0 saturated heterocycles. The smallest absolute Gasteiger partial charge is 0.130 e. The van der Waals surface area contributed by atoms with Gasteiger partial charge >= 0.3 is 0 Å². The lowest BCUT2D eigenvalue weighted by Gasteiger charge is -2.10. The summed E-state index contributed by atoms with van der Waals surface area (Å²) in [6, 6.07) is 1.97. The van der Waals surface area contributed by atoms with E-state index in [1.807, 2.05) is 26.1 Å². The topological polar surface area (TPSA) is 64.7 Å². The first kappa shape index (κ1) is 10.5. The van der Waals surface area contributed by atoms with Gasteiger partial charge < -0.3 is 5.73 Å². The van der Waals surface area contributed by atoms with Crippen LogP contribution in [0, 0.1) is 6.92 Å². The van der Waals surface area contributed by atoms with Crippen LogP contribution in [0.5, 0.6) is 0 Å². The van der Waals surface area contributed by atoms with Gasteiger partial charge in [-0.2, -0.15) is 0 Å². The van der Waals surface area contributed by atoms with Crippen LogP contribution < -0.4 is 5.73 Å². The Morgan fingerprint density at radius 1 is 1.31 bits per heavy atom. The summed E-state index contributed by atoms with van der Waals surface area (Å²) >= 11 is 0. The summed E-state index contributed by atoms with van der Waals surface area (Å²) in [7, 11) is 0. The quantitative estimate of drug-likeness (QED) is 0.830. The van der Waals surface area contributed by atoms with E-state index in [2.05, 4.69) is 15.0 Å². The molecule has 0 radical (unpaired) electrons. The number of aryl methyl sites for hydroxylation is 1. The number of aromatic nitrogens is 3. The van der Waals surface area contributed by atoms with Crippen LogP contribution in [-0.4, -0.2) is 15.0 Å². The molecule has 0 aliphatic rings. The summed E-state index contributed by atoms with van der Waals surface area (Å²) < 4.78 is 0. The molecular formula is C12H14N4. The van der Waals surface area contributed by atoms with Crippen LogP contribution >= 0.6 is 0 Å². The number of anilines is 1. The van der Waals surface area contributed by atoms with E-state index in [1.165, 1.54) is 6.33 Å². The summed E-state index contributed by atoms with van der Waals surface area (Å²) in [4.78, 5) is 12.4. The molecule has 2 N–H and O–H groups in total. The van der Waals surface area contributed by atoms with Gasteiger partial charge in [0, 0.05) is 23.5 Å². The molecule has 0 saturated carbocycles. The van der Waals surface area contributed by atoms with E-state index in [9.17, 15) is 0 Å². The lowest BCUT2D eigenvalue weighted by atomic mass is 10.0. The molecule has 4 heteroatoms. The summed E-state index contributed by atoms with van der Waals surface area (Å²) in [5, 5.41) is 0. The fourth-order valence-corrected chi connectivity index (χ4v) is 1.72. The number of nitrogens with two attached hydrogens (primary N) is 1. The standard InChI is InChI=1S/C12H14N4/c1-3-9-11(15-7-16-12(9)13)10-6-14-5-4-8(10)2/h4-7H,3H2,1-2H3,(H2,13,15,16). The molecule has 0 aliphatic heterocycles. The zero-order valence-electron chi connectivity index (χ0n) is 9.44. The maximum absolute atomic E-state index is 5.85. The largest absolute Gasteiger partial charge is 0.383 e. The molecule has 2 rings (SSSR count). The number of hydrogen-bond acceptors (Lipinski definition) is 4. The third kappa shape index (κ3) is 1.74. The van der Waals surface area contributed by atoms with E-state index in [0.29, 0.717) is 5.82 Å². The summed E-state index contributed by atoms with van der Waals surface area (Å²) in [5.41, 5.74) is 9.89. The second-order valence-electron chi connectivity index (χ2n) is 3.63. The fourth-order valence-electron chi connectivity index (χ4n) is 1.72. The lowest BCUT2D eigenvalue weighted by Crippen LogP contribution is -2.02. The van der Waals surface area contributed by atoms with Crippen molar-refractivity contribution in [3.8, 4) is 11.3 Å². The van der Waals surface area contributed by atoms with Crippen molar-refractivity contribution in [1.82, 2.24) is 15.0 Å². The van der Waals surface area contributed by atoms with Crippen LogP contribution in [0.1, 0.15) is 18.1 Å². The Balaban J connectivity index is 2.65. The van der Waals surface area contributed by atoms with Crippen LogP contribution in [0.25, 0.3) is 11.3 Å². The van der Waals surface area contributed by atoms with E-state index in [-0.39, 0.29) is 0 Å². The normalized spacial score (nSPS) is 10.4. The molecule has 2 heterocycles. The van der Waals surface area contributed by atoms with Crippen molar-refractivity contribution in [2.24, 2.45) is 0 Å². The molecule has 0 aliphatic carbocycles. The minimum absolute atomic E-state index is 0.552. The second-order valence-corrected chi connectivity index (χ2v) is 3.63. The Bertz CT molecular complexity index is 508. The van der Waals surface area contributed by atoms with E-state index >= 15 is 0 Å². The summed E-state index contributed by atoms with van der Waals surface area (Å²) in [5.74, 6) is 0.552. The minimum atomic E-state index is 0.552. The molecule has 0 amide bonds. The first-order valence-corrected chi connectivity index (χ1v) is 5.24. The van der Waals surface area contributed by atoms with Gasteiger partial charge in [-0.25, -0.2) is 9.97 Å². The summed E-state index contributed by atoms with van der Waals surface area (Å²) in [6.45, 7) is 4.08. The van der Waals surface area contributed by atoms with Gasteiger partial charge in [0.05, 0.1) is 5.69 Å². The van der Waals surface area contributed by atoms with E-state index < -0.39 is 0 Å². The van der Waals surface area contributed by atoms with Gasteiger partial charge in [0.2, 0.25) is 0 Å². The van der Waals surface area contributed by atoms with Crippen LogP contribution in [0.4, 0.5) is 5.82 Å². The summed E-state index contributed by atoms with van der Waals surface area (Å²) in [6.07, 6.45) is 5.90. The fraction of sp³-hybridized carbons (Fsp3) is 0.250. The Morgan fingerprint density at radius 3 is 2.81 bits per heavy atom. The van der Waals surface area contributed by atoms with Crippen molar-refractivity contribution in [3.05, 3.63) is 35.9 Å². The third-order valence-corrected chi connectivity index (χ3v) is 2.63. The molecule has 82 valence electrons. The van der Waals surface area contributed by atoms with Crippen molar-refractivity contribution >= 4 is 5.82 Å². The number of rotatable bonds is 2. The van der Waals surface area contributed by atoms with Crippen LogP contribution in [-0.2, 0) is 6.42 Å². The monoisotopic (exact) mass is 214 g/mol. The number of pyridine rings is 1. The number of hydrogen-bond donors (Lipinski definition) is 1. The second kappa shape index (κ2) is 4.26. The maximum atomic E-state index is 5.85. The van der Waals surface area contributed by atoms with E-state index in [1.54, 1.807) is 6.20 Å². The molecule has 0 bridgehead atoms. The average Bonchev–Trinajstić information content (AvgIpc) is 2.29. The molecule has 0 unspecified atom stereocenters. The molecule has 0 spiro atoms. The number of nitrogens with zero attached hydrogens (tertiary/aromatic N) is 3.